The van der Waals surface area contributed by atoms with Crippen molar-refractivity contribution < 1.29 is 9.53 Å². The SMILES string of the molecule is CCn1c(=O)c2c(nc(/C=C/c3ccc(OCC(=O)N4CCN(c5c(C)n(C)c(=O)n(C)c5=O)CC4)cc3)n2C)n(CC)c1=O. The fourth-order valence-corrected chi connectivity index (χ4v) is 5.65. The Balaban J connectivity index is 1.20. The molecule has 1 aliphatic rings. The van der Waals surface area contributed by atoms with E-state index in [0.29, 0.717) is 66.8 Å². The minimum Gasteiger partial charge on any atom is -0.484 e. The van der Waals surface area contributed by atoms with Crippen molar-refractivity contribution in [1.29, 1.82) is 0 Å². The van der Waals surface area contributed by atoms with Crippen molar-refractivity contribution in [2.75, 3.05) is 37.7 Å². The fraction of sp³-hybridized carbons (Fsp3) is 0.419. The van der Waals surface area contributed by atoms with E-state index in [1.807, 2.05) is 30.0 Å². The summed E-state index contributed by atoms with van der Waals surface area (Å²) >= 11 is 0. The average Bonchev–Trinajstić information content (AvgIpc) is 3.37. The molecule has 14 nitrogen and oxygen atoms in total. The zero-order chi connectivity index (χ0) is 32.6. The normalized spacial score (nSPS) is 13.7. The molecule has 4 heterocycles. The maximum atomic E-state index is 12.9. The van der Waals surface area contributed by atoms with Crippen LogP contribution in [0.1, 0.15) is 30.9 Å². The lowest BCUT2D eigenvalue weighted by Crippen LogP contribution is -2.52. The summed E-state index contributed by atoms with van der Waals surface area (Å²) in [6, 6.07) is 7.24. The van der Waals surface area contributed by atoms with Gasteiger partial charge in [-0.05, 0) is 44.5 Å². The third-order valence-electron chi connectivity index (χ3n) is 8.45. The third-order valence-corrected chi connectivity index (χ3v) is 8.45. The molecule has 1 fully saturated rings. The number of benzene rings is 1. The summed E-state index contributed by atoms with van der Waals surface area (Å²) in [5, 5.41) is 0. The van der Waals surface area contributed by atoms with Crippen molar-refractivity contribution in [3.63, 3.8) is 0 Å². The van der Waals surface area contributed by atoms with Crippen LogP contribution < -0.4 is 32.1 Å². The first-order chi connectivity index (χ1) is 21.5. The van der Waals surface area contributed by atoms with E-state index in [4.69, 9.17) is 4.74 Å². The van der Waals surface area contributed by atoms with Gasteiger partial charge in [-0.15, -0.1) is 0 Å². The number of piperazine rings is 1. The first-order valence-electron chi connectivity index (χ1n) is 14.9. The Kier molecular flexibility index (Phi) is 8.66. The van der Waals surface area contributed by atoms with E-state index in [-0.39, 0.29) is 41.6 Å². The monoisotopic (exact) mass is 618 g/mol. The molecule has 0 unspecified atom stereocenters. The van der Waals surface area contributed by atoms with Crippen LogP contribution in [0, 0.1) is 6.92 Å². The summed E-state index contributed by atoms with van der Waals surface area (Å²) in [5.41, 5.74) is 1.23. The third kappa shape index (κ3) is 5.63. The summed E-state index contributed by atoms with van der Waals surface area (Å²) < 4.78 is 12.7. The molecule has 14 heteroatoms. The largest absolute Gasteiger partial charge is 0.484 e. The lowest BCUT2D eigenvalue weighted by Gasteiger charge is -2.36. The Morgan fingerprint density at radius 1 is 0.822 bits per heavy atom. The fourth-order valence-electron chi connectivity index (χ4n) is 5.65. The molecule has 5 rings (SSSR count). The van der Waals surface area contributed by atoms with Crippen LogP contribution in [-0.4, -0.2) is 71.4 Å². The summed E-state index contributed by atoms with van der Waals surface area (Å²) in [4.78, 5) is 71.7. The molecule has 1 amide bonds. The van der Waals surface area contributed by atoms with E-state index in [9.17, 15) is 24.0 Å². The van der Waals surface area contributed by atoms with Crippen LogP contribution in [0.15, 0.2) is 43.4 Å². The quantitative estimate of drug-likeness (QED) is 0.279. The summed E-state index contributed by atoms with van der Waals surface area (Å²) in [6.07, 6.45) is 3.63. The average molecular weight is 619 g/mol. The predicted octanol–water partition coefficient (Wildman–Crippen LogP) is 0.540. The van der Waals surface area contributed by atoms with Gasteiger partial charge in [0.25, 0.3) is 17.0 Å². The second-order valence-electron chi connectivity index (χ2n) is 11.0. The molecule has 0 radical (unpaired) electrons. The number of carbonyl (C=O) groups is 1. The molecule has 0 N–H and O–H groups in total. The number of aromatic nitrogens is 6. The number of aryl methyl sites for hydroxylation is 2. The lowest BCUT2D eigenvalue weighted by molar-refractivity contribution is -0.133. The number of hydrogen-bond acceptors (Lipinski definition) is 8. The minimum atomic E-state index is -0.370. The molecule has 1 aromatic carbocycles. The summed E-state index contributed by atoms with van der Waals surface area (Å²) in [6.45, 7) is 7.71. The number of amides is 1. The van der Waals surface area contributed by atoms with Crippen molar-refractivity contribution in [2.24, 2.45) is 21.1 Å². The highest BCUT2D eigenvalue weighted by molar-refractivity contribution is 5.78. The van der Waals surface area contributed by atoms with Crippen molar-refractivity contribution >= 4 is 34.9 Å². The van der Waals surface area contributed by atoms with Gasteiger partial charge >= 0.3 is 11.4 Å². The standard InChI is InChI=1S/C31H38N8O6/c1-7-38-27-26(29(42)39(8-2)31(38)44)34(5)23(32-27)14-11-21-9-12-22(13-10-21)45-19-24(40)36-15-17-37(18-16-36)25-20(3)33(4)30(43)35(6)28(25)41/h9-14H,7-8,15-19H2,1-6H3/b14-11+. The molecule has 4 aromatic rings. The summed E-state index contributed by atoms with van der Waals surface area (Å²) in [7, 11) is 4.86. The zero-order valence-electron chi connectivity index (χ0n) is 26.4. The number of nitrogens with zero attached hydrogens (tertiary/aromatic N) is 8. The van der Waals surface area contributed by atoms with E-state index < -0.39 is 0 Å². The maximum absolute atomic E-state index is 12.9. The minimum absolute atomic E-state index is 0.121. The molecular formula is C31H38N8O6. The van der Waals surface area contributed by atoms with Gasteiger partial charge in [0.15, 0.2) is 17.8 Å². The molecule has 0 atom stereocenters. The molecule has 238 valence electrons. The van der Waals surface area contributed by atoms with Gasteiger partial charge in [-0.2, -0.15) is 0 Å². The number of rotatable bonds is 8. The van der Waals surface area contributed by atoms with Gasteiger partial charge in [-0.1, -0.05) is 18.2 Å². The Labute approximate surface area is 258 Å². The van der Waals surface area contributed by atoms with Gasteiger partial charge in [0.1, 0.15) is 17.3 Å². The van der Waals surface area contributed by atoms with Crippen molar-refractivity contribution in [3.05, 3.63) is 83.0 Å². The van der Waals surface area contributed by atoms with E-state index >= 15 is 0 Å². The van der Waals surface area contributed by atoms with E-state index in [1.165, 1.54) is 20.7 Å². The predicted molar refractivity (Wildman–Crippen MR) is 172 cm³/mol. The van der Waals surface area contributed by atoms with Crippen LogP contribution in [0.3, 0.4) is 0 Å². The second kappa shape index (κ2) is 12.5. The first kappa shape index (κ1) is 31.3. The molecule has 0 saturated carbocycles. The Bertz CT molecular complexity index is 2040. The van der Waals surface area contributed by atoms with Gasteiger partial charge in [0.2, 0.25) is 0 Å². The topological polar surface area (TPSA) is 139 Å². The number of imidazole rings is 1. The van der Waals surface area contributed by atoms with Crippen molar-refractivity contribution in [1.82, 2.24) is 32.7 Å². The Morgan fingerprint density at radius 2 is 1.47 bits per heavy atom. The van der Waals surface area contributed by atoms with Crippen molar-refractivity contribution in [2.45, 2.75) is 33.9 Å². The van der Waals surface area contributed by atoms with Crippen LogP contribution in [0.2, 0.25) is 0 Å². The number of anilines is 1. The number of ether oxygens (including phenoxy) is 1. The number of hydrogen-bond donors (Lipinski definition) is 0. The maximum Gasteiger partial charge on any atom is 0.332 e. The van der Waals surface area contributed by atoms with Gasteiger partial charge in [0, 0.05) is 66.1 Å². The molecule has 0 bridgehead atoms. The van der Waals surface area contributed by atoms with Crippen molar-refractivity contribution in [3.8, 4) is 5.75 Å². The van der Waals surface area contributed by atoms with E-state index in [1.54, 1.807) is 55.6 Å². The molecule has 0 spiro atoms. The summed E-state index contributed by atoms with van der Waals surface area (Å²) in [5.74, 6) is 0.923. The van der Waals surface area contributed by atoms with Crippen LogP contribution in [0.4, 0.5) is 5.69 Å². The van der Waals surface area contributed by atoms with Gasteiger partial charge in [0.05, 0.1) is 0 Å². The Morgan fingerprint density at radius 3 is 2.09 bits per heavy atom. The molecule has 1 saturated heterocycles. The van der Waals surface area contributed by atoms with Crippen LogP contribution >= 0.6 is 0 Å². The first-order valence-corrected chi connectivity index (χ1v) is 14.9. The highest BCUT2D eigenvalue weighted by atomic mass is 16.5. The number of fused-ring (bicyclic) bond motifs is 1. The van der Waals surface area contributed by atoms with E-state index in [2.05, 4.69) is 4.98 Å². The van der Waals surface area contributed by atoms with Crippen LogP contribution in [0.5, 0.6) is 5.75 Å². The van der Waals surface area contributed by atoms with Gasteiger partial charge in [-0.3, -0.25) is 32.7 Å². The highest BCUT2D eigenvalue weighted by Gasteiger charge is 2.26. The van der Waals surface area contributed by atoms with Gasteiger partial charge in [-0.25, -0.2) is 14.6 Å². The zero-order valence-corrected chi connectivity index (χ0v) is 26.4. The smallest absolute Gasteiger partial charge is 0.332 e. The molecule has 0 aliphatic carbocycles. The molecule has 1 aliphatic heterocycles. The van der Waals surface area contributed by atoms with Crippen LogP contribution in [0.25, 0.3) is 23.3 Å². The van der Waals surface area contributed by atoms with Gasteiger partial charge < -0.3 is 19.1 Å². The van der Waals surface area contributed by atoms with E-state index in [0.717, 1.165) is 10.1 Å². The molecule has 3 aromatic heterocycles. The lowest BCUT2D eigenvalue weighted by atomic mass is 10.2. The highest BCUT2D eigenvalue weighted by Crippen LogP contribution is 2.18. The second-order valence-corrected chi connectivity index (χ2v) is 11.0. The number of carbonyl (C=O) groups excluding carboxylic acids is 1. The van der Waals surface area contributed by atoms with Crippen LogP contribution in [-0.2, 0) is 39.0 Å². The molecule has 45 heavy (non-hydrogen) atoms. The Hall–Kier alpha value is -5.14. The molecular weight excluding hydrogens is 580 g/mol.